The van der Waals surface area contributed by atoms with E-state index < -0.39 is 5.92 Å². The average Bonchev–Trinajstić information content (AvgIpc) is 2.98. The first-order valence-electron chi connectivity index (χ1n) is 6.84. The molecule has 2 aromatic rings. The zero-order chi connectivity index (χ0) is 15.2. The van der Waals surface area contributed by atoms with Crippen LogP contribution in [-0.4, -0.2) is 29.8 Å². The fourth-order valence-electron chi connectivity index (χ4n) is 1.94. The molecular weight excluding hydrogens is 272 g/mol. The molecule has 6 nitrogen and oxygen atoms in total. The maximum absolute atomic E-state index is 11.9. The predicted molar refractivity (Wildman–Crippen MR) is 76.0 cm³/mol. The minimum Gasteiger partial charge on any atom is -0.497 e. The molecule has 0 aliphatic carbocycles. The average molecular weight is 290 g/mol. The van der Waals surface area contributed by atoms with Gasteiger partial charge in [0.2, 0.25) is 11.7 Å². The first-order chi connectivity index (χ1) is 10.2. The first-order valence-corrected chi connectivity index (χ1v) is 6.84. The number of hydrogen-bond acceptors (Lipinski definition) is 6. The van der Waals surface area contributed by atoms with Crippen LogP contribution in [0.3, 0.4) is 0 Å². The van der Waals surface area contributed by atoms with Gasteiger partial charge in [-0.3, -0.25) is 4.79 Å². The molecule has 1 aromatic heterocycles. The van der Waals surface area contributed by atoms with Crippen molar-refractivity contribution in [1.82, 2.24) is 10.1 Å². The highest BCUT2D eigenvalue weighted by molar-refractivity contribution is 5.76. The lowest BCUT2D eigenvalue weighted by Crippen LogP contribution is -2.15. The van der Waals surface area contributed by atoms with Crippen molar-refractivity contribution in [2.24, 2.45) is 0 Å². The van der Waals surface area contributed by atoms with Gasteiger partial charge in [-0.25, -0.2) is 0 Å². The van der Waals surface area contributed by atoms with Crippen LogP contribution in [0.15, 0.2) is 28.8 Å². The number of aromatic nitrogens is 2. The fourth-order valence-corrected chi connectivity index (χ4v) is 1.94. The second-order valence-corrected chi connectivity index (χ2v) is 4.40. The molecule has 112 valence electrons. The van der Waals surface area contributed by atoms with E-state index in [-0.39, 0.29) is 11.9 Å². The van der Waals surface area contributed by atoms with Crippen molar-refractivity contribution in [1.29, 1.82) is 0 Å². The lowest BCUT2D eigenvalue weighted by molar-refractivity contribution is -0.145. The molecule has 0 fully saturated rings. The monoisotopic (exact) mass is 290 g/mol. The van der Waals surface area contributed by atoms with Crippen LogP contribution in [0.1, 0.15) is 32.1 Å². The summed E-state index contributed by atoms with van der Waals surface area (Å²) in [5.41, 5.74) is 0.767. The van der Waals surface area contributed by atoms with E-state index >= 15 is 0 Å². The van der Waals surface area contributed by atoms with Crippen LogP contribution >= 0.6 is 0 Å². The van der Waals surface area contributed by atoms with Gasteiger partial charge in [-0.2, -0.15) is 4.98 Å². The van der Waals surface area contributed by atoms with E-state index in [0.29, 0.717) is 24.6 Å². The summed E-state index contributed by atoms with van der Waals surface area (Å²) in [5.74, 6) is 0.523. The van der Waals surface area contributed by atoms with E-state index in [1.165, 1.54) is 0 Å². The summed E-state index contributed by atoms with van der Waals surface area (Å²) < 4.78 is 15.4. The third kappa shape index (κ3) is 3.39. The van der Waals surface area contributed by atoms with Crippen LogP contribution in [0.5, 0.6) is 5.75 Å². The van der Waals surface area contributed by atoms with E-state index in [4.69, 9.17) is 14.0 Å². The third-order valence-corrected chi connectivity index (χ3v) is 3.05. The Kier molecular flexibility index (Phi) is 4.92. The van der Waals surface area contributed by atoms with Crippen LogP contribution in [0.25, 0.3) is 11.4 Å². The molecule has 21 heavy (non-hydrogen) atoms. The molecule has 0 bridgehead atoms. The number of methoxy groups -OCH3 is 1. The quantitative estimate of drug-likeness (QED) is 0.761. The van der Waals surface area contributed by atoms with Gasteiger partial charge in [0.05, 0.1) is 13.7 Å². The van der Waals surface area contributed by atoms with Crippen molar-refractivity contribution < 1.29 is 18.8 Å². The molecule has 1 atom stereocenters. The van der Waals surface area contributed by atoms with Crippen molar-refractivity contribution in [2.75, 3.05) is 13.7 Å². The van der Waals surface area contributed by atoms with Gasteiger partial charge in [0, 0.05) is 5.56 Å². The normalized spacial score (nSPS) is 12.0. The van der Waals surface area contributed by atoms with E-state index in [2.05, 4.69) is 10.1 Å². The Morgan fingerprint density at radius 2 is 2.19 bits per heavy atom. The zero-order valence-electron chi connectivity index (χ0n) is 12.3. The standard InChI is InChI=1S/C15H18N2O4/c1-4-12(15(18)20-5-2)14-16-13(17-21-14)10-7-6-8-11(9-10)19-3/h6-9,12H,4-5H2,1-3H3. The third-order valence-electron chi connectivity index (χ3n) is 3.05. The van der Waals surface area contributed by atoms with E-state index in [9.17, 15) is 4.79 Å². The molecule has 0 N–H and O–H groups in total. The lowest BCUT2D eigenvalue weighted by atomic mass is 10.1. The molecule has 0 saturated heterocycles. The van der Waals surface area contributed by atoms with E-state index in [0.717, 1.165) is 5.56 Å². The number of hydrogen-bond donors (Lipinski definition) is 0. The largest absolute Gasteiger partial charge is 0.497 e. The Bertz CT molecular complexity index is 609. The molecule has 2 rings (SSSR count). The number of benzene rings is 1. The molecule has 1 heterocycles. The van der Waals surface area contributed by atoms with Crippen LogP contribution < -0.4 is 4.74 Å². The molecular formula is C15H18N2O4. The smallest absolute Gasteiger partial charge is 0.318 e. The summed E-state index contributed by atoms with van der Waals surface area (Å²) in [6.07, 6.45) is 0.540. The Morgan fingerprint density at radius 3 is 2.86 bits per heavy atom. The molecule has 1 aromatic carbocycles. The minimum atomic E-state index is -0.531. The number of carbonyl (C=O) groups is 1. The van der Waals surface area contributed by atoms with Gasteiger partial charge in [-0.1, -0.05) is 24.2 Å². The summed E-state index contributed by atoms with van der Waals surface area (Å²) in [6, 6.07) is 7.33. The van der Waals surface area contributed by atoms with Crippen LogP contribution in [0.2, 0.25) is 0 Å². The number of rotatable bonds is 6. The Labute approximate surface area is 123 Å². The van der Waals surface area contributed by atoms with E-state index in [1.54, 1.807) is 20.1 Å². The molecule has 0 spiro atoms. The number of nitrogens with zero attached hydrogens (tertiary/aromatic N) is 2. The summed E-state index contributed by atoms with van der Waals surface area (Å²) >= 11 is 0. The Morgan fingerprint density at radius 1 is 1.38 bits per heavy atom. The van der Waals surface area contributed by atoms with Crippen molar-refractivity contribution in [3.8, 4) is 17.1 Å². The van der Waals surface area contributed by atoms with Gasteiger partial charge >= 0.3 is 5.97 Å². The van der Waals surface area contributed by atoms with Gasteiger partial charge in [0.15, 0.2) is 0 Å². The molecule has 0 aliphatic rings. The molecule has 0 radical (unpaired) electrons. The molecule has 0 saturated carbocycles. The maximum Gasteiger partial charge on any atom is 0.318 e. The van der Waals surface area contributed by atoms with Gasteiger partial charge in [0.25, 0.3) is 0 Å². The van der Waals surface area contributed by atoms with Gasteiger partial charge in [-0.15, -0.1) is 0 Å². The highest BCUT2D eigenvalue weighted by Crippen LogP contribution is 2.25. The second kappa shape index (κ2) is 6.88. The van der Waals surface area contributed by atoms with Crippen molar-refractivity contribution >= 4 is 5.97 Å². The van der Waals surface area contributed by atoms with Crippen molar-refractivity contribution in [2.45, 2.75) is 26.2 Å². The highest BCUT2D eigenvalue weighted by atomic mass is 16.5. The predicted octanol–water partition coefficient (Wildman–Crippen LogP) is 2.80. The Hall–Kier alpha value is -2.37. The molecule has 1 unspecified atom stereocenters. The molecule has 6 heteroatoms. The van der Waals surface area contributed by atoms with Crippen LogP contribution in [-0.2, 0) is 9.53 Å². The lowest BCUT2D eigenvalue weighted by Gasteiger charge is -2.08. The van der Waals surface area contributed by atoms with Crippen molar-refractivity contribution in [3.63, 3.8) is 0 Å². The summed E-state index contributed by atoms with van der Waals surface area (Å²) in [5, 5.41) is 3.92. The van der Waals surface area contributed by atoms with Gasteiger partial charge in [-0.05, 0) is 25.5 Å². The Balaban J connectivity index is 2.25. The van der Waals surface area contributed by atoms with Gasteiger partial charge in [0.1, 0.15) is 11.7 Å². The number of esters is 1. The van der Waals surface area contributed by atoms with Gasteiger partial charge < -0.3 is 14.0 Å². The summed E-state index contributed by atoms with van der Waals surface area (Å²) in [7, 11) is 1.59. The zero-order valence-corrected chi connectivity index (χ0v) is 12.3. The summed E-state index contributed by atoms with van der Waals surface area (Å²) in [6.45, 7) is 3.96. The van der Waals surface area contributed by atoms with Crippen LogP contribution in [0.4, 0.5) is 0 Å². The summed E-state index contributed by atoms with van der Waals surface area (Å²) in [4.78, 5) is 16.1. The van der Waals surface area contributed by atoms with E-state index in [1.807, 2.05) is 25.1 Å². The fraction of sp³-hybridized carbons (Fsp3) is 0.400. The minimum absolute atomic E-state index is 0.272. The molecule has 0 amide bonds. The highest BCUT2D eigenvalue weighted by Gasteiger charge is 2.26. The topological polar surface area (TPSA) is 74.5 Å². The maximum atomic E-state index is 11.9. The number of ether oxygens (including phenoxy) is 2. The van der Waals surface area contributed by atoms with Crippen LogP contribution in [0, 0.1) is 0 Å². The van der Waals surface area contributed by atoms with Crippen molar-refractivity contribution in [3.05, 3.63) is 30.2 Å². The first kappa shape index (κ1) is 15.0. The second-order valence-electron chi connectivity index (χ2n) is 4.40. The SMILES string of the molecule is CCOC(=O)C(CC)c1nc(-c2cccc(OC)c2)no1. The molecule has 0 aliphatic heterocycles. The number of carbonyl (C=O) groups excluding carboxylic acids is 1.